The number of methoxy groups -OCH3 is 1. The smallest absolute Gasteiger partial charge is 0.318 e. The molecule has 12 nitrogen and oxygen atoms in total. The lowest BCUT2D eigenvalue weighted by Gasteiger charge is -2.28. The topological polar surface area (TPSA) is 166 Å². The molecule has 228 valence electrons. The molecular formula is C31H36N4O8. The zero-order chi connectivity index (χ0) is 32.1. The maximum Gasteiger partial charge on any atom is 0.318 e. The largest absolute Gasteiger partial charge is 0.507 e. The highest BCUT2D eigenvalue weighted by atomic mass is 16.6. The van der Waals surface area contributed by atoms with E-state index < -0.39 is 21.2 Å². The Balaban J connectivity index is 1.70. The van der Waals surface area contributed by atoms with Crippen molar-refractivity contribution in [2.45, 2.75) is 65.2 Å². The molecule has 0 aliphatic rings. The molecule has 0 bridgehead atoms. The average molecular weight is 593 g/mol. The van der Waals surface area contributed by atoms with E-state index in [-0.39, 0.29) is 46.2 Å². The lowest BCUT2D eigenvalue weighted by Crippen LogP contribution is -2.20. The predicted molar refractivity (Wildman–Crippen MR) is 162 cm³/mol. The number of hydrogen-bond donors (Lipinski definition) is 2. The molecule has 12 heteroatoms. The Labute approximate surface area is 249 Å². The highest BCUT2D eigenvalue weighted by Gasteiger charge is 2.27. The van der Waals surface area contributed by atoms with Crippen LogP contribution in [0, 0.1) is 20.2 Å². The fraction of sp³-hybridized carbons (Fsp3) is 0.355. The normalized spacial score (nSPS) is 11.8. The summed E-state index contributed by atoms with van der Waals surface area (Å²) in [6.45, 7) is 12.2. The molecular weight excluding hydrogens is 556 g/mol. The van der Waals surface area contributed by atoms with Crippen molar-refractivity contribution in [1.82, 2.24) is 5.43 Å². The zero-order valence-electron chi connectivity index (χ0n) is 25.3. The molecule has 0 radical (unpaired) electrons. The van der Waals surface area contributed by atoms with Crippen molar-refractivity contribution in [1.29, 1.82) is 0 Å². The summed E-state index contributed by atoms with van der Waals surface area (Å²) in [4.78, 5) is 33.5. The number of phenolic OH excluding ortho intramolecular Hbond substituents is 1. The van der Waals surface area contributed by atoms with E-state index in [2.05, 4.69) is 10.5 Å². The number of ether oxygens (including phenoxy) is 2. The third kappa shape index (κ3) is 8.28. The van der Waals surface area contributed by atoms with Gasteiger partial charge in [-0.25, -0.2) is 5.43 Å². The lowest BCUT2D eigenvalue weighted by atomic mass is 9.78. The monoisotopic (exact) mass is 592 g/mol. The van der Waals surface area contributed by atoms with Gasteiger partial charge in [0.15, 0.2) is 11.5 Å². The second-order valence-corrected chi connectivity index (χ2v) is 12.0. The van der Waals surface area contributed by atoms with Crippen molar-refractivity contribution in [3.63, 3.8) is 0 Å². The molecule has 3 rings (SSSR count). The zero-order valence-corrected chi connectivity index (χ0v) is 25.3. The van der Waals surface area contributed by atoms with E-state index in [0.717, 1.165) is 34.9 Å². The molecule has 0 atom stereocenters. The van der Waals surface area contributed by atoms with Gasteiger partial charge < -0.3 is 14.6 Å². The van der Waals surface area contributed by atoms with Crippen LogP contribution in [0.1, 0.15) is 70.2 Å². The molecule has 3 aromatic carbocycles. The first kappa shape index (κ1) is 32.5. The van der Waals surface area contributed by atoms with E-state index in [4.69, 9.17) is 9.47 Å². The molecule has 0 fully saturated rings. The van der Waals surface area contributed by atoms with Crippen LogP contribution in [-0.4, -0.2) is 34.2 Å². The van der Waals surface area contributed by atoms with Crippen LogP contribution in [0.25, 0.3) is 0 Å². The first-order valence-corrected chi connectivity index (χ1v) is 13.5. The van der Waals surface area contributed by atoms with Gasteiger partial charge in [0.1, 0.15) is 5.75 Å². The van der Waals surface area contributed by atoms with Crippen molar-refractivity contribution in [2.75, 3.05) is 7.11 Å². The summed E-state index contributed by atoms with van der Waals surface area (Å²) in [5.74, 6) is 0.158. The quantitative estimate of drug-likeness (QED) is 0.149. The van der Waals surface area contributed by atoms with E-state index in [1.165, 1.54) is 19.4 Å². The van der Waals surface area contributed by atoms with Gasteiger partial charge >= 0.3 is 5.69 Å². The van der Waals surface area contributed by atoms with Crippen LogP contribution < -0.4 is 14.9 Å². The lowest BCUT2D eigenvalue weighted by molar-refractivity contribution is -0.394. The van der Waals surface area contributed by atoms with Crippen LogP contribution in [0.3, 0.4) is 0 Å². The number of aromatic hydroxyl groups is 1. The number of hydrogen-bond acceptors (Lipinski definition) is 9. The molecule has 0 heterocycles. The van der Waals surface area contributed by atoms with Gasteiger partial charge in [-0.1, -0.05) is 53.7 Å². The van der Waals surface area contributed by atoms with Gasteiger partial charge in [0.25, 0.3) is 5.69 Å². The number of carbonyl (C=O) groups excluding carboxylic acids is 1. The summed E-state index contributed by atoms with van der Waals surface area (Å²) in [6, 6.07) is 11.6. The van der Waals surface area contributed by atoms with E-state index in [1.807, 2.05) is 53.7 Å². The van der Waals surface area contributed by atoms with Crippen LogP contribution in [0.15, 0.2) is 53.6 Å². The number of benzene rings is 3. The third-order valence-electron chi connectivity index (χ3n) is 6.59. The first-order chi connectivity index (χ1) is 20.0. The Morgan fingerprint density at radius 3 is 2.05 bits per heavy atom. The fourth-order valence-corrected chi connectivity index (χ4v) is 4.29. The summed E-state index contributed by atoms with van der Waals surface area (Å²) in [5, 5.41) is 37.3. The number of phenols is 1. The van der Waals surface area contributed by atoms with Crippen molar-refractivity contribution in [3.8, 4) is 23.0 Å². The maximum atomic E-state index is 12.6. The number of hydrazone groups is 1. The fourth-order valence-electron chi connectivity index (χ4n) is 4.29. The summed E-state index contributed by atoms with van der Waals surface area (Å²) in [7, 11) is 1.38. The number of nitrogens with zero attached hydrogens (tertiary/aromatic N) is 3. The Hall–Kier alpha value is -5.00. The number of nitro groups is 2. The summed E-state index contributed by atoms with van der Waals surface area (Å²) in [6.07, 6.45) is 2.05. The molecule has 0 saturated carbocycles. The Morgan fingerprint density at radius 2 is 1.51 bits per heavy atom. The van der Waals surface area contributed by atoms with Crippen molar-refractivity contribution >= 4 is 23.5 Å². The number of rotatable bonds is 10. The molecule has 0 unspecified atom stereocenters. The molecule has 0 aliphatic heterocycles. The molecule has 0 aliphatic carbocycles. The molecule has 0 spiro atoms. The van der Waals surface area contributed by atoms with Gasteiger partial charge in [-0.05, 0) is 63.8 Å². The van der Waals surface area contributed by atoms with Gasteiger partial charge in [0, 0.05) is 12.5 Å². The van der Waals surface area contributed by atoms with Crippen molar-refractivity contribution < 1.29 is 29.2 Å². The number of amides is 1. The molecule has 2 N–H and O–H groups in total. The third-order valence-corrected chi connectivity index (χ3v) is 6.59. The van der Waals surface area contributed by atoms with Crippen LogP contribution in [-0.2, 0) is 22.0 Å². The maximum absolute atomic E-state index is 12.6. The summed E-state index contributed by atoms with van der Waals surface area (Å²) in [5.41, 5.74) is 4.11. The van der Waals surface area contributed by atoms with Crippen LogP contribution in [0.2, 0.25) is 0 Å². The number of nitro benzene ring substituents is 2. The van der Waals surface area contributed by atoms with Gasteiger partial charge in [-0.3, -0.25) is 25.0 Å². The van der Waals surface area contributed by atoms with E-state index in [1.54, 1.807) is 12.1 Å². The highest BCUT2D eigenvalue weighted by molar-refractivity contribution is 5.83. The van der Waals surface area contributed by atoms with Gasteiger partial charge in [-0.2, -0.15) is 5.10 Å². The minimum absolute atomic E-state index is 0.138. The molecule has 0 aromatic heterocycles. The SMILES string of the molecule is COc1cc(/C=N\NC(=O)CCc2cc(C(C)(C)C)c(O)c(C(C)(C)C)c2)ccc1Oc1ccc([N+](=O)[O-])cc1[N+](=O)[O-]. The van der Waals surface area contributed by atoms with Crippen LogP contribution >= 0.6 is 0 Å². The van der Waals surface area contributed by atoms with Crippen LogP contribution in [0.5, 0.6) is 23.0 Å². The molecule has 3 aromatic rings. The van der Waals surface area contributed by atoms with E-state index >= 15 is 0 Å². The van der Waals surface area contributed by atoms with Gasteiger partial charge in [-0.15, -0.1) is 0 Å². The minimum atomic E-state index is -0.771. The second kappa shape index (κ2) is 12.9. The number of carbonyl (C=O) groups is 1. The summed E-state index contributed by atoms with van der Waals surface area (Å²) < 4.78 is 11.0. The number of nitrogens with one attached hydrogen (secondary N) is 1. The van der Waals surface area contributed by atoms with Crippen molar-refractivity contribution in [3.05, 3.63) is 91.0 Å². The molecule has 0 saturated heterocycles. The van der Waals surface area contributed by atoms with Gasteiger partial charge in [0.2, 0.25) is 11.7 Å². The second-order valence-electron chi connectivity index (χ2n) is 12.0. The average Bonchev–Trinajstić information content (AvgIpc) is 2.91. The predicted octanol–water partition coefficient (Wildman–Crippen LogP) is 6.69. The molecule has 43 heavy (non-hydrogen) atoms. The van der Waals surface area contributed by atoms with Crippen molar-refractivity contribution in [2.24, 2.45) is 5.10 Å². The summed E-state index contributed by atoms with van der Waals surface area (Å²) >= 11 is 0. The van der Waals surface area contributed by atoms with Crippen LogP contribution in [0.4, 0.5) is 11.4 Å². The number of non-ortho nitro benzene ring substituents is 1. The minimum Gasteiger partial charge on any atom is -0.507 e. The Kier molecular flexibility index (Phi) is 9.74. The highest BCUT2D eigenvalue weighted by Crippen LogP contribution is 2.40. The van der Waals surface area contributed by atoms with E-state index in [9.17, 15) is 30.1 Å². The van der Waals surface area contributed by atoms with Gasteiger partial charge in [0.05, 0.1) is 29.2 Å². The first-order valence-electron chi connectivity index (χ1n) is 13.5. The molecule has 1 amide bonds. The van der Waals surface area contributed by atoms with E-state index in [0.29, 0.717) is 12.0 Å². The Morgan fingerprint density at radius 1 is 0.907 bits per heavy atom. The standard InChI is InChI=1S/C31H36N4O8/c1-30(2,3)22-14-19(15-23(29(22)37)31(4,5)6)9-13-28(36)33-32-18-20-8-11-26(27(16-20)42-7)43-25-12-10-21(34(38)39)17-24(25)35(40)41/h8,10-12,14-18,37H,9,13H2,1-7H3,(H,33,36)/b32-18-. The Bertz CT molecular complexity index is 1530. The number of aryl methyl sites for hydroxylation is 1.